The van der Waals surface area contributed by atoms with Crippen LogP contribution in [0.3, 0.4) is 0 Å². The SMILES string of the molecule is Cc1cc2c(c(=O)n(-c3ccc(F)cc3)c(=O)n2CC(=O)Nc2ccc(C(F)(F)F)cc2)n1C. The minimum atomic E-state index is -4.51. The van der Waals surface area contributed by atoms with Crippen LogP contribution in [0.25, 0.3) is 16.7 Å². The molecule has 176 valence electrons. The van der Waals surface area contributed by atoms with Gasteiger partial charge in [-0.05, 0) is 61.5 Å². The van der Waals surface area contributed by atoms with Crippen molar-refractivity contribution in [3.05, 3.63) is 92.5 Å². The lowest BCUT2D eigenvalue weighted by molar-refractivity contribution is -0.137. The highest BCUT2D eigenvalue weighted by Crippen LogP contribution is 2.29. The number of anilines is 1. The van der Waals surface area contributed by atoms with Gasteiger partial charge in [0.1, 0.15) is 17.9 Å². The molecule has 0 aliphatic carbocycles. The van der Waals surface area contributed by atoms with Gasteiger partial charge in [0.25, 0.3) is 5.56 Å². The fraction of sp³-hybridized carbons (Fsp3) is 0.174. The molecule has 0 aliphatic rings. The Kier molecular flexibility index (Phi) is 5.64. The van der Waals surface area contributed by atoms with Crippen LogP contribution in [0.15, 0.2) is 64.2 Å². The van der Waals surface area contributed by atoms with Crippen molar-refractivity contribution in [2.75, 3.05) is 5.32 Å². The Hall–Kier alpha value is -4.15. The zero-order valence-corrected chi connectivity index (χ0v) is 18.0. The molecule has 4 rings (SSSR count). The summed E-state index contributed by atoms with van der Waals surface area (Å²) in [4.78, 5) is 39.1. The fourth-order valence-corrected chi connectivity index (χ4v) is 3.64. The Balaban J connectivity index is 1.77. The summed E-state index contributed by atoms with van der Waals surface area (Å²) in [7, 11) is 1.63. The van der Waals surface area contributed by atoms with Crippen LogP contribution in [0.1, 0.15) is 11.3 Å². The third-order valence-electron chi connectivity index (χ3n) is 5.45. The van der Waals surface area contributed by atoms with Crippen molar-refractivity contribution in [1.29, 1.82) is 0 Å². The van der Waals surface area contributed by atoms with Gasteiger partial charge in [0.15, 0.2) is 0 Å². The van der Waals surface area contributed by atoms with E-state index in [1.807, 2.05) is 0 Å². The van der Waals surface area contributed by atoms with Crippen molar-refractivity contribution < 1.29 is 22.4 Å². The number of halogens is 4. The molecule has 0 atom stereocenters. The average Bonchev–Trinajstić information content (AvgIpc) is 3.07. The third kappa shape index (κ3) is 4.12. The number of hydrogen-bond donors (Lipinski definition) is 1. The lowest BCUT2D eigenvalue weighted by Gasteiger charge is -2.13. The number of benzene rings is 2. The highest BCUT2D eigenvalue weighted by Gasteiger charge is 2.30. The third-order valence-corrected chi connectivity index (χ3v) is 5.45. The van der Waals surface area contributed by atoms with E-state index >= 15 is 0 Å². The summed E-state index contributed by atoms with van der Waals surface area (Å²) in [6, 6.07) is 10.2. The van der Waals surface area contributed by atoms with E-state index in [9.17, 15) is 31.9 Å². The van der Waals surface area contributed by atoms with Gasteiger partial charge in [0.05, 0.1) is 16.8 Å². The zero-order chi connectivity index (χ0) is 24.8. The molecule has 34 heavy (non-hydrogen) atoms. The average molecular weight is 474 g/mol. The van der Waals surface area contributed by atoms with E-state index in [0.29, 0.717) is 5.69 Å². The number of fused-ring (bicyclic) bond motifs is 1. The van der Waals surface area contributed by atoms with Gasteiger partial charge < -0.3 is 9.88 Å². The molecule has 2 heterocycles. The summed E-state index contributed by atoms with van der Waals surface area (Å²) in [6.07, 6.45) is -4.51. The van der Waals surface area contributed by atoms with E-state index in [2.05, 4.69) is 5.32 Å². The van der Waals surface area contributed by atoms with Crippen LogP contribution < -0.4 is 16.6 Å². The van der Waals surface area contributed by atoms with Gasteiger partial charge in [0, 0.05) is 18.4 Å². The summed E-state index contributed by atoms with van der Waals surface area (Å²) in [5.41, 5.74) is -1.07. The topological polar surface area (TPSA) is 78.0 Å². The second-order valence-electron chi connectivity index (χ2n) is 7.69. The van der Waals surface area contributed by atoms with Crippen molar-refractivity contribution in [2.24, 2.45) is 7.05 Å². The summed E-state index contributed by atoms with van der Waals surface area (Å²) in [6.45, 7) is 1.21. The molecule has 0 spiro atoms. The monoisotopic (exact) mass is 474 g/mol. The first-order chi connectivity index (χ1) is 16.0. The van der Waals surface area contributed by atoms with E-state index < -0.39 is 41.3 Å². The number of rotatable bonds is 4. The van der Waals surface area contributed by atoms with Crippen molar-refractivity contribution in [2.45, 2.75) is 19.6 Å². The molecule has 7 nitrogen and oxygen atoms in total. The zero-order valence-electron chi connectivity index (χ0n) is 18.0. The molecular formula is C23H18F4N4O3. The Bertz CT molecular complexity index is 1510. The van der Waals surface area contributed by atoms with Gasteiger partial charge in [-0.3, -0.25) is 14.2 Å². The minimum Gasteiger partial charge on any atom is -0.342 e. The lowest BCUT2D eigenvalue weighted by atomic mass is 10.2. The van der Waals surface area contributed by atoms with Crippen LogP contribution in [0.2, 0.25) is 0 Å². The minimum absolute atomic E-state index is 0.110. The summed E-state index contributed by atoms with van der Waals surface area (Å²) in [5.74, 6) is -1.24. The first kappa shape index (κ1) is 23.0. The van der Waals surface area contributed by atoms with Crippen LogP contribution in [-0.2, 0) is 24.6 Å². The molecule has 0 unspecified atom stereocenters. The van der Waals surface area contributed by atoms with Gasteiger partial charge in [-0.15, -0.1) is 0 Å². The number of hydrogen-bond acceptors (Lipinski definition) is 3. The van der Waals surface area contributed by atoms with E-state index in [-0.39, 0.29) is 22.4 Å². The second-order valence-corrected chi connectivity index (χ2v) is 7.69. The number of nitrogens with zero attached hydrogens (tertiary/aromatic N) is 3. The molecular weight excluding hydrogens is 456 g/mol. The number of amides is 1. The number of carbonyl (C=O) groups is 1. The van der Waals surface area contributed by atoms with Gasteiger partial charge in [-0.25, -0.2) is 13.8 Å². The quantitative estimate of drug-likeness (QED) is 0.459. The van der Waals surface area contributed by atoms with Gasteiger partial charge in [-0.1, -0.05) is 0 Å². The number of nitrogens with one attached hydrogen (secondary N) is 1. The number of alkyl halides is 3. The number of aryl methyl sites for hydroxylation is 2. The highest BCUT2D eigenvalue weighted by atomic mass is 19.4. The van der Waals surface area contributed by atoms with Crippen LogP contribution in [0, 0.1) is 12.7 Å². The first-order valence-corrected chi connectivity index (χ1v) is 10.0. The van der Waals surface area contributed by atoms with Gasteiger partial charge >= 0.3 is 11.9 Å². The van der Waals surface area contributed by atoms with Crippen molar-refractivity contribution >= 4 is 22.6 Å². The summed E-state index contributed by atoms with van der Waals surface area (Å²) >= 11 is 0. The Morgan fingerprint density at radius 2 is 1.62 bits per heavy atom. The molecule has 0 saturated heterocycles. The molecule has 1 amide bonds. The van der Waals surface area contributed by atoms with Crippen LogP contribution in [-0.4, -0.2) is 19.6 Å². The summed E-state index contributed by atoms with van der Waals surface area (Å²) in [5, 5.41) is 2.45. The highest BCUT2D eigenvalue weighted by molar-refractivity contribution is 5.91. The standard InChI is InChI=1S/C23H18F4N4O3/c1-13-11-18-20(29(13)2)21(33)31(17-9-5-15(24)6-10-17)22(34)30(18)12-19(32)28-16-7-3-14(4-8-16)23(25,26)27/h3-11H,12H2,1-2H3,(H,28,32). The Morgan fingerprint density at radius 3 is 2.21 bits per heavy atom. The second kappa shape index (κ2) is 8.32. The normalized spacial score (nSPS) is 11.7. The maximum absolute atomic E-state index is 13.4. The summed E-state index contributed by atoms with van der Waals surface area (Å²) < 4.78 is 55.1. The van der Waals surface area contributed by atoms with E-state index in [1.165, 1.54) is 12.1 Å². The first-order valence-electron chi connectivity index (χ1n) is 10.0. The predicted molar refractivity (Wildman–Crippen MR) is 118 cm³/mol. The number of aromatic nitrogens is 3. The van der Waals surface area contributed by atoms with Crippen molar-refractivity contribution in [3.63, 3.8) is 0 Å². The van der Waals surface area contributed by atoms with E-state index in [0.717, 1.165) is 45.5 Å². The molecule has 1 N–H and O–H groups in total. The molecule has 0 bridgehead atoms. The molecule has 0 radical (unpaired) electrons. The Labute approximate surface area is 189 Å². The van der Waals surface area contributed by atoms with Crippen molar-refractivity contribution in [3.8, 4) is 5.69 Å². The molecule has 0 saturated carbocycles. The van der Waals surface area contributed by atoms with Crippen molar-refractivity contribution in [1.82, 2.24) is 13.7 Å². The molecule has 2 aromatic heterocycles. The van der Waals surface area contributed by atoms with Crippen LogP contribution >= 0.6 is 0 Å². The molecule has 0 fully saturated rings. The lowest BCUT2D eigenvalue weighted by Crippen LogP contribution is -2.41. The van der Waals surface area contributed by atoms with E-state index in [4.69, 9.17) is 0 Å². The van der Waals surface area contributed by atoms with Crippen LogP contribution in [0.4, 0.5) is 23.2 Å². The largest absolute Gasteiger partial charge is 0.416 e. The fourth-order valence-electron chi connectivity index (χ4n) is 3.64. The maximum atomic E-state index is 13.4. The number of carbonyl (C=O) groups excluding carboxylic acids is 1. The van der Waals surface area contributed by atoms with Crippen LogP contribution in [0.5, 0.6) is 0 Å². The van der Waals surface area contributed by atoms with Gasteiger partial charge in [-0.2, -0.15) is 13.2 Å². The molecule has 4 aromatic rings. The maximum Gasteiger partial charge on any atom is 0.416 e. The van der Waals surface area contributed by atoms with E-state index in [1.54, 1.807) is 24.6 Å². The smallest absolute Gasteiger partial charge is 0.342 e. The Morgan fingerprint density at radius 1 is 1.00 bits per heavy atom. The molecule has 2 aromatic carbocycles. The molecule has 0 aliphatic heterocycles. The predicted octanol–water partition coefficient (Wildman–Crippen LogP) is 3.60. The molecule has 11 heteroatoms. The van der Waals surface area contributed by atoms with Gasteiger partial charge in [0.2, 0.25) is 5.91 Å².